The van der Waals surface area contributed by atoms with Crippen LogP contribution in [-0.2, 0) is 0 Å². The second-order valence-corrected chi connectivity index (χ2v) is 7.73. The van der Waals surface area contributed by atoms with Crippen molar-refractivity contribution >= 4 is 6.71 Å². The van der Waals surface area contributed by atoms with Crippen LogP contribution < -0.4 is 0 Å². The van der Waals surface area contributed by atoms with E-state index < -0.39 is 0 Å². The molecule has 0 atom stereocenters. The van der Waals surface area contributed by atoms with E-state index in [-0.39, 0.29) is 0 Å². The molecule has 0 aromatic rings. The summed E-state index contributed by atoms with van der Waals surface area (Å²) in [4.78, 5) is 0. The summed E-state index contributed by atoms with van der Waals surface area (Å²) in [6.45, 7) is 17.2. The summed E-state index contributed by atoms with van der Waals surface area (Å²) < 4.78 is 0. The highest BCUT2D eigenvalue weighted by Gasteiger charge is 2.25. The predicted octanol–water partition coefficient (Wildman–Crippen LogP) is 8.88. The maximum Gasteiger partial charge on any atom is 0.139 e. The van der Waals surface area contributed by atoms with Crippen molar-refractivity contribution in [2.24, 2.45) is 5.41 Å². The van der Waals surface area contributed by atoms with E-state index >= 15 is 0 Å². The monoisotopic (exact) mass is 324 g/mol. The first-order valence-corrected chi connectivity index (χ1v) is 11.1. The van der Waals surface area contributed by atoms with Gasteiger partial charge in [0.15, 0.2) is 0 Å². The molecule has 0 aliphatic rings. The average Bonchev–Trinajstić information content (AvgIpc) is 2.50. The lowest BCUT2D eigenvalue weighted by Gasteiger charge is -2.33. The zero-order chi connectivity index (χ0) is 18.0. The molecule has 0 saturated heterocycles. The lowest BCUT2D eigenvalue weighted by molar-refractivity contribution is 0.190. The smallest absolute Gasteiger partial charge is 0.0744 e. The molecular weight excluding hydrogens is 275 g/mol. The lowest BCUT2D eigenvalue weighted by Crippen LogP contribution is -2.20. The van der Waals surface area contributed by atoms with Crippen LogP contribution in [0.2, 0.25) is 19.0 Å². The summed E-state index contributed by atoms with van der Waals surface area (Å²) in [6.07, 6.45) is 19.7. The Labute approximate surface area is 150 Å². The normalized spacial score (nSPS) is 11.1. The minimum Gasteiger partial charge on any atom is -0.0744 e. The van der Waals surface area contributed by atoms with E-state index in [0.717, 1.165) is 6.71 Å². The number of rotatable bonds is 14. The standard InChI is InChI=1S/C13H28.C9H21B/c1-5-9-13(10-6-2,11-7-3)12-8-4;1-4-7-10(8-5-2)9-6-3/h5-12H2,1-4H3;4-9H2,1-3H3. The van der Waals surface area contributed by atoms with E-state index in [1.165, 1.54) is 89.6 Å². The highest BCUT2D eigenvalue weighted by molar-refractivity contribution is 6.58. The van der Waals surface area contributed by atoms with Crippen LogP contribution in [0.4, 0.5) is 0 Å². The third-order valence-corrected chi connectivity index (χ3v) is 5.21. The molecule has 0 rings (SSSR count). The molecule has 0 amide bonds. The Bertz CT molecular complexity index is 168. The molecule has 0 aliphatic heterocycles. The summed E-state index contributed by atoms with van der Waals surface area (Å²) in [5.41, 5.74) is 0.701. The fourth-order valence-corrected chi connectivity index (χ4v) is 4.53. The minimum atomic E-state index is 0.701. The highest BCUT2D eigenvalue weighted by atomic mass is 14.3. The van der Waals surface area contributed by atoms with Crippen molar-refractivity contribution in [2.45, 2.75) is 138 Å². The maximum absolute atomic E-state index is 2.33. The van der Waals surface area contributed by atoms with Crippen LogP contribution in [0.25, 0.3) is 0 Å². The first-order valence-electron chi connectivity index (χ1n) is 11.1. The van der Waals surface area contributed by atoms with Crippen LogP contribution in [0.3, 0.4) is 0 Å². The summed E-state index contributed by atoms with van der Waals surface area (Å²) in [7, 11) is 0. The molecule has 0 nitrogen and oxygen atoms in total. The molecule has 0 aromatic heterocycles. The van der Waals surface area contributed by atoms with E-state index in [1.807, 2.05) is 0 Å². The van der Waals surface area contributed by atoms with Gasteiger partial charge in [0, 0.05) is 0 Å². The molecule has 0 bridgehead atoms. The van der Waals surface area contributed by atoms with Crippen molar-refractivity contribution in [3.8, 4) is 0 Å². The van der Waals surface area contributed by atoms with Crippen LogP contribution in [0.1, 0.15) is 119 Å². The lowest BCUT2D eigenvalue weighted by atomic mass is 9.41. The molecule has 0 N–H and O–H groups in total. The van der Waals surface area contributed by atoms with Crippen LogP contribution in [0, 0.1) is 5.41 Å². The van der Waals surface area contributed by atoms with Crippen molar-refractivity contribution in [3.63, 3.8) is 0 Å². The van der Waals surface area contributed by atoms with Gasteiger partial charge in [-0.25, -0.2) is 0 Å². The van der Waals surface area contributed by atoms with Gasteiger partial charge in [-0.1, -0.05) is 112 Å². The van der Waals surface area contributed by atoms with Gasteiger partial charge in [0.2, 0.25) is 0 Å². The molecule has 0 aromatic carbocycles. The van der Waals surface area contributed by atoms with E-state index in [4.69, 9.17) is 0 Å². The third kappa shape index (κ3) is 14.1. The van der Waals surface area contributed by atoms with Crippen LogP contribution in [0.5, 0.6) is 0 Å². The Morgan fingerprint density at radius 3 is 0.870 bits per heavy atom. The molecule has 140 valence electrons. The zero-order valence-corrected chi connectivity index (χ0v) is 18.0. The Kier molecular flexibility index (Phi) is 20.3. The van der Waals surface area contributed by atoms with Crippen LogP contribution in [0.15, 0.2) is 0 Å². The third-order valence-electron chi connectivity index (χ3n) is 5.21. The van der Waals surface area contributed by atoms with Gasteiger partial charge >= 0.3 is 0 Å². The Hall–Kier alpha value is 0.0649. The van der Waals surface area contributed by atoms with E-state index in [0.29, 0.717) is 5.41 Å². The fraction of sp³-hybridized carbons (Fsp3) is 1.00. The Morgan fingerprint density at radius 2 is 0.696 bits per heavy atom. The summed E-state index contributed by atoms with van der Waals surface area (Å²) >= 11 is 0. The van der Waals surface area contributed by atoms with E-state index in [9.17, 15) is 0 Å². The molecule has 0 spiro atoms. The van der Waals surface area contributed by atoms with E-state index in [2.05, 4.69) is 48.5 Å². The topological polar surface area (TPSA) is 0 Å². The van der Waals surface area contributed by atoms with Crippen molar-refractivity contribution in [2.75, 3.05) is 0 Å². The van der Waals surface area contributed by atoms with Gasteiger partial charge in [-0.05, 0) is 31.1 Å². The fourth-order valence-electron chi connectivity index (χ4n) is 4.53. The largest absolute Gasteiger partial charge is 0.139 e. The Morgan fingerprint density at radius 1 is 0.435 bits per heavy atom. The number of hydrogen-bond donors (Lipinski definition) is 0. The molecule has 0 radical (unpaired) electrons. The van der Waals surface area contributed by atoms with Gasteiger partial charge in [0.25, 0.3) is 0 Å². The van der Waals surface area contributed by atoms with Gasteiger partial charge in [-0.2, -0.15) is 0 Å². The predicted molar refractivity (Wildman–Crippen MR) is 113 cm³/mol. The second-order valence-electron chi connectivity index (χ2n) is 7.73. The maximum atomic E-state index is 2.33. The summed E-state index contributed by atoms with van der Waals surface area (Å²) in [6, 6.07) is 0. The van der Waals surface area contributed by atoms with Crippen LogP contribution in [-0.4, -0.2) is 6.71 Å². The second kappa shape index (κ2) is 18.4. The molecule has 0 heterocycles. The zero-order valence-electron chi connectivity index (χ0n) is 18.0. The first-order chi connectivity index (χ1) is 11.1. The van der Waals surface area contributed by atoms with Crippen molar-refractivity contribution in [1.29, 1.82) is 0 Å². The Balaban J connectivity index is 0. The molecule has 0 fully saturated rings. The van der Waals surface area contributed by atoms with Gasteiger partial charge in [-0.3, -0.25) is 0 Å². The molecule has 0 saturated carbocycles. The van der Waals surface area contributed by atoms with Crippen molar-refractivity contribution < 1.29 is 0 Å². The first kappa shape index (κ1) is 25.3. The average molecular weight is 324 g/mol. The molecular formula is C22H49B. The molecule has 23 heavy (non-hydrogen) atoms. The van der Waals surface area contributed by atoms with Crippen molar-refractivity contribution in [3.05, 3.63) is 0 Å². The van der Waals surface area contributed by atoms with Crippen LogP contribution >= 0.6 is 0 Å². The quantitative estimate of drug-likeness (QED) is 0.280. The minimum absolute atomic E-state index is 0.701. The number of hydrogen-bond acceptors (Lipinski definition) is 0. The summed E-state index contributed by atoms with van der Waals surface area (Å²) in [5.74, 6) is 0. The SMILES string of the molecule is CCCB(CCC)CCC.CCCC(CCC)(CCC)CCC. The van der Waals surface area contributed by atoms with Gasteiger partial charge in [0.05, 0.1) is 0 Å². The molecule has 1 heteroatoms. The van der Waals surface area contributed by atoms with Crippen molar-refractivity contribution in [1.82, 2.24) is 0 Å². The molecule has 0 unspecified atom stereocenters. The van der Waals surface area contributed by atoms with Gasteiger partial charge in [-0.15, -0.1) is 0 Å². The summed E-state index contributed by atoms with van der Waals surface area (Å²) in [5, 5.41) is 0. The molecule has 0 aliphatic carbocycles. The van der Waals surface area contributed by atoms with Gasteiger partial charge < -0.3 is 0 Å². The van der Waals surface area contributed by atoms with E-state index in [1.54, 1.807) is 0 Å². The highest BCUT2D eigenvalue weighted by Crippen LogP contribution is 2.39. The van der Waals surface area contributed by atoms with Gasteiger partial charge in [0.1, 0.15) is 6.71 Å².